The van der Waals surface area contributed by atoms with Crippen LogP contribution in [0.2, 0.25) is 5.02 Å². The molecule has 0 amide bonds. The number of rotatable bonds is 4. The Labute approximate surface area is 126 Å². The van der Waals surface area contributed by atoms with Crippen molar-refractivity contribution in [2.75, 3.05) is 0 Å². The maximum Gasteiger partial charge on any atom is 0.0409 e. The summed E-state index contributed by atoms with van der Waals surface area (Å²) in [5, 5.41) is 4.40. The topological polar surface area (TPSA) is 12.0 Å². The lowest BCUT2D eigenvalue weighted by Crippen LogP contribution is -2.16. The molecule has 0 spiro atoms. The highest BCUT2D eigenvalue weighted by atomic mass is 35.5. The number of benzene rings is 2. The molecule has 0 saturated heterocycles. The van der Waals surface area contributed by atoms with Crippen LogP contribution in [-0.2, 0) is 6.54 Å². The molecule has 0 heterocycles. The van der Waals surface area contributed by atoms with Gasteiger partial charge in [-0.2, -0.15) is 0 Å². The van der Waals surface area contributed by atoms with E-state index in [0.29, 0.717) is 6.04 Å². The molecule has 0 aromatic heterocycles. The molecule has 3 rings (SSSR count). The zero-order valence-corrected chi connectivity index (χ0v) is 12.8. The molecule has 0 aliphatic heterocycles. The quantitative estimate of drug-likeness (QED) is 0.844. The molecule has 2 aromatic carbocycles. The van der Waals surface area contributed by atoms with Gasteiger partial charge in [-0.3, -0.25) is 0 Å². The molecule has 0 bridgehead atoms. The Morgan fingerprint density at radius 1 is 1.05 bits per heavy atom. The van der Waals surface area contributed by atoms with Gasteiger partial charge < -0.3 is 5.32 Å². The van der Waals surface area contributed by atoms with Crippen molar-refractivity contribution in [2.24, 2.45) is 0 Å². The molecule has 1 nitrogen and oxygen atoms in total. The Balaban J connectivity index is 1.99. The van der Waals surface area contributed by atoms with Crippen LogP contribution < -0.4 is 5.32 Å². The van der Waals surface area contributed by atoms with E-state index in [1.165, 1.54) is 40.7 Å². The second kappa shape index (κ2) is 5.59. The summed E-state index contributed by atoms with van der Waals surface area (Å²) in [5.74, 6) is 0. The van der Waals surface area contributed by atoms with Crippen LogP contribution in [0.15, 0.2) is 36.4 Å². The van der Waals surface area contributed by atoms with Crippen LogP contribution in [0.5, 0.6) is 0 Å². The van der Waals surface area contributed by atoms with Crippen LogP contribution in [0.25, 0.3) is 11.1 Å². The van der Waals surface area contributed by atoms with Crippen molar-refractivity contribution in [1.82, 2.24) is 5.32 Å². The number of hydrogen-bond donors (Lipinski definition) is 1. The summed E-state index contributed by atoms with van der Waals surface area (Å²) >= 11 is 6.18. The van der Waals surface area contributed by atoms with Crippen LogP contribution in [0.4, 0.5) is 0 Å². The van der Waals surface area contributed by atoms with E-state index in [2.05, 4.69) is 49.5 Å². The van der Waals surface area contributed by atoms with E-state index in [-0.39, 0.29) is 0 Å². The van der Waals surface area contributed by atoms with E-state index >= 15 is 0 Å². The molecule has 1 fully saturated rings. The maximum atomic E-state index is 6.18. The standard InChI is InChI=1S/C18H20ClN/c1-12-3-4-13(2)18(9-12)17-8-5-15(19)10-14(17)11-20-16-6-7-16/h3-5,8-10,16,20H,6-7,11H2,1-2H3. The van der Waals surface area contributed by atoms with Crippen LogP contribution in [0.1, 0.15) is 29.5 Å². The highest BCUT2D eigenvalue weighted by Gasteiger charge is 2.20. The van der Waals surface area contributed by atoms with Crippen molar-refractivity contribution in [3.63, 3.8) is 0 Å². The summed E-state index contributed by atoms with van der Waals surface area (Å²) in [6, 6.07) is 13.6. The fourth-order valence-electron chi connectivity index (χ4n) is 2.54. The minimum absolute atomic E-state index is 0.709. The summed E-state index contributed by atoms with van der Waals surface area (Å²) in [4.78, 5) is 0. The zero-order valence-electron chi connectivity index (χ0n) is 12.0. The lowest BCUT2D eigenvalue weighted by atomic mass is 9.94. The summed E-state index contributed by atoms with van der Waals surface area (Å²) in [6.07, 6.45) is 2.61. The Morgan fingerprint density at radius 2 is 1.85 bits per heavy atom. The third-order valence-corrected chi connectivity index (χ3v) is 4.14. The van der Waals surface area contributed by atoms with E-state index in [9.17, 15) is 0 Å². The summed E-state index contributed by atoms with van der Waals surface area (Å²) in [6.45, 7) is 5.20. The van der Waals surface area contributed by atoms with Gasteiger partial charge in [0.15, 0.2) is 0 Å². The van der Waals surface area contributed by atoms with Crippen molar-refractivity contribution in [2.45, 2.75) is 39.3 Å². The van der Waals surface area contributed by atoms with Gasteiger partial charge in [0.1, 0.15) is 0 Å². The molecule has 0 atom stereocenters. The second-order valence-corrected chi connectivity index (χ2v) is 6.21. The molecule has 1 aliphatic rings. The van der Waals surface area contributed by atoms with Gasteiger partial charge in [0.2, 0.25) is 0 Å². The Kier molecular flexibility index (Phi) is 3.82. The third-order valence-electron chi connectivity index (χ3n) is 3.91. The van der Waals surface area contributed by atoms with E-state index in [0.717, 1.165) is 11.6 Å². The molecular formula is C18H20ClN. The molecule has 1 N–H and O–H groups in total. The van der Waals surface area contributed by atoms with Gasteiger partial charge in [-0.05, 0) is 61.1 Å². The number of hydrogen-bond acceptors (Lipinski definition) is 1. The predicted octanol–water partition coefficient (Wildman–Crippen LogP) is 4.88. The van der Waals surface area contributed by atoms with Crippen molar-refractivity contribution in [3.8, 4) is 11.1 Å². The molecule has 20 heavy (non-hydrogen) atoms. The molecule has 2 heteroatoms. The monoisotopic (exact) mass is 285 g/mol. The minimum Gasteiger partial charge on any atom is -0.310 e. The van der Waals surface area contributed by atoms with Gasteiger partial charge in [0, 0.05) is 17.6 Å². The molecule has 1 saturated carbocycles. The Morgan fingerprint density at radius 3 is 2.60 bits per heavy atom. The van der Waals surface area contributed by atoms with Crippen LogP contribution >= 0.6 is 11.6 Å². The zero-order chi connectivity index (χ0) is 14.1. The third kappa shape index (κ3) is 3.05. The molecule has 104 valence electrons. The first-order chi connectivity index (χ1) is 9.63. The smallest absolute Gasteiger partial charge is 0.0409 e. The van der Waals surface area contributed by atoms with E-state index in [1.807, 2.05) is 6.07 Å². The van der Waals surface area contributed by atoms with Gasteiger partial charge in [0.25, 0.3) is 0 Å². The van der Waals surface area contributed by atoms with Gasteiger partial charge in [0.05, 0.1) is 0 Å². The SMILES string of the molecule is Cc1ccc(C)c(-c2ccc(Cl)cc2CNC2CC2)c1. The predicted molar refractivity (Wildman–Crippen MR) is 86.2 cm³/mol. The average Bonchev–Trinajstić information content (AvgIpc) is 3.24. The van der Waals surface area contributed by atoms with Crippen LogP contribution in [0, 0.1) is 13.8 Å². The second-order valence-electron chi connectivity index (χ2n) is 5.78. The van der Waals surface area contributed by atoms with Crippen molar-refractivity contribution in [1.29, 1.82) is 0 Å². The Hall–Kier alpha value is -1.31. The van der Waals surface area contributed by atoms with Crippen molar-refractivity contribution in [3.05, 3.63) is 58.1 Å². The number of halogens is 1. The van der Waals surface area contributed by atoms with Crippen LogP contribution in [-0.4, -0.2) is 6.04 Å². The number of nitrogens with one attached hydrogen (secondary N) is 1. The fourth-order valence-corrected chi connectivity index (χ4v) is 2.73. The summed E-state index contributed by atoms with van der Waals surface area (Å²) < 4.78 is 0. The largest absolute Gasteiger partial charge is 0.310 e. The van der Waals surface area contributed by atoms with Crippen molar-refractivity contribution < 1.29 is 0 Å². The fraction of sp³-hybridized carbons (Fsp3) is 0.333. The first-order valence-electron chi connectivity index (χ1n) is 7.23. The first-order valence-corrected chi connectivity index (χ1v) is 7.61. The maximum absolute atomic E-state index is 6.18. The van der Waals surface area contributed by atoms with Gasteiger partial charge in [-0.25, -0.2) is 0 Å². The molecule has 0 radical (unpaired) electrons. The first kappa shape index (κ1) is 13.7. The molecule has 0 unspecified atom stereocenters. The minimum atomic E-state index is 0.709. The lowest BCUT2D eigenvalue weighted by molar-refractivity contribution is 0.689. The van der Waals surface area contributed by atoms with Crippen molar-refractivity contribution >= 4 is 11.6 Å². The molecule has 2 aromatic rings. The summed E-state index contributed by atoms with van der Waals surface area (Å²) in [5.41, 5.74) is 6.50. The van der Waals surface area contributed by atoms with Gasteiger partial charge >= 0.3 is 0 Å². The molecular weight excluding hydrogens is 266 g/mol. The van der Waals surface area contributed by atoms with E-state index < -0.39 is 0 Å². The van der Waals surface area contributed by atoms with E-state index in [1.54, 1.807) is 0 Å². The van der Waals surface area contributed by atoms with Gasteiger partial charge in [-0.1, -0.05) is 41.4 Å². The highest BCUT2D eigenvalue weighted by Crippen LogP contribution is 2.30. The van der Waals surface area contributed by atoms with Crippen LogP contribution in [0.3, 0.4) is 0 Å². The Bertz CT molecular complexity index is 629. The normalized spacial score (nSPS) is 14.6. The average molecular weight is 286 g/mol. The number of aryl methyl sites for hydroxylation is 2. The van der Waals surface area contributed by atoms with E-state index in [4.69, 9.17) is 11.6 Å². The van der Waals surface area contributed by atoms with Gasteiger partial charge in [-0.15, -0.1) is 0 Å². The summed E-state index contributed by atoms with van der Waals surface area (Å²) in [7, 11) is 0. The highest BCUT2D eigenvalue weighted by molar-refractivity contribution is 6.30. The lowest BCUT2D eigenvalue weighted by Gasteiger charge is -2.14. The molecule has 1 aliphatic carbocycles.